The van der Waals surface area contributed by atoms with E-state index >= 15 is 0 Å². The molecule has 0 atom stereocenters. The number of hydrogen-bond acceptors (Lipinski definition) is 4. The molecule has 0 bridgehead atoms. The fourth-order valence-corrected chi connectivity index (χ4v) is 4.10. The number of hydrogen-bond donors (Lipinski definition) is 1. The number of anilines is 1. The minimum Gasteiger partial charge on any atom is -0.457 e. The van der Waals surface area contributed by atoms with E-state index in [0.717, 1.165) is 38.9 Å². The van der Waals surface area contributed by atoms with Gasteiger partial charge in [-0.3, -0.25) is 4.79 Å². The van der Waals surface area contributed by atoms with E-state index in [9.17, 15) is 4.79 Å². The van der Waals surface area contributed by atoms with Gasteiger partial charge in [0.25, 0.3) is 0 Å². The zero-order valence-electron chi connectivity index (χ0n) is 19.6. The Bertz CT molecular complexity index is 1590. The zero-order valence-corrected chi connectivity index (χ0v) is 20.3. The van der Waals surface area contributed by atoms with Crippen LogP contribution in [0.5, 0.6) is 0 Å². The average Bonchev–Trinajstić information content (AvgIpc) is 3.47. The summed E-state index contributed by atoms with van der Waals surface area (Å²) >= 11 is 6.22. The molecule has 35 heavy (non-hydrogen) atoms. The van der Waals surface area contributed by atoms with Crippen molar-refractivity contribution in [2.45, 2.75) is 20.8 Å². The molecule has 6 heteroatoms. The molecule has 3 aromatic carbocycles. The number of aryl methyl sites for hydroxylation is 3. The van der Waals surface area contributed by atoms with Crippen LogP contribution >= 0.6 is 11.6 Å². The van der Waals surface area contributed by atoms with Gasteiger partial charge in [-0.1, -0.05) is 35.9 Å². The molecule has 2 heterocycles. The lowest BCUT2D eigenvalue weighted by Crippen LogP contribution is -2.07. The Morgan fingerprint density at radius 3 is 2.60 bits per heavy atom. The van der Waals surface area contributed by atoms with Crippen LogP contribution in [0.15, 0.2) is 81.6 Å². The van der Waals surface area contributed by atoms with Crippen LogP contribution in [0, 0.1) is 20.8 Å². The van der Waals surface area contributed by atoms with Crippen molar-refractivity contribution in [3.05, 3.63) is 100 Å². The molecule has 0 aliphatic rings. The number of rotatable bonds is 5. The van der Waals surface area contributed by atoms with Crippen LogP contribution in [0.1, 0.15) is 22.5 Å². The number of amides is 1. The van der Waals surface area contributed by atoms with Crippen LogP contribution < -0.4 is 5.32 Å². The summed E-state index contributed by atoms with van der Waals surface area (Å²) in [5, 5.41) is 3.56. The maximum absolute atomic E-state index is 12.5. The van der Waals surface area contributed by atoms with Crippen molar-refractivity contribution in [2.75, 3.05) is 5.32 Å². The van der Waals surface area contributed by atoms with Crippen LogP contribution in [-0.2, 0) is 4.79 Å². The molecule has 1 N–H and O–H groups in total. The van der Waals surface area contributed by atoms with Gasteiger partial charge in [0.15, 0.2) is 5.58 Å². The van der Waals surface area contributed by atoms with E-state index in [-0.39, 0.29) is 5.91 Å². The summed E-state index contributed by atoms with van der Waals surface area (Å²) in [5.41, 5.74) is 7.08. The summed E-state index contributed by atoms with van der Waals surface area (Å²) in [6.07, 6.45) is 3.06. The fraction of sp³-hybridized carbons (Fsp3) is 0.103. The number of carbonyl (C=O) groups is 1. The number of oxazole rings is 1. The third kappa shape index (κ3) is 4.91. The van der Waals surface area contributed by atoms with E-state index in [4.69, 9.17) is 20.4 Å². The van der Waals surface area contributed by atoms with Crippen LogP contribution in [0.2, 0.25) is 5.02 Å². The SMILES string of the molecule is Cc1cc(C)c2oc(-c3cccc(NC(=O)C=Cc4ccc(-c5ccc(C)c(Cl)c5)o4)c3)nc2c1. The molecule has 0 aliphatic carbocycles. The number of benzene rings is 3. The lowest BCUT2D eigenvalue weighted by molar-refractivity contribution is -0.111. The molecule has 2 aromatic heterocycles. The van der Waals surface area contributed by atoms with E-state index in [1.807, 2.05) is 81.4 Å². The Morgan fingerprint density at radius 1 is 0.914 bits per heavy atom. The molecule has 0 unspecified atom stereocenters. The fourth-order valence-electron chi connectivity index (χ4n) is 3.92. The third-order valence-corrected chi connectivity index (χ3v) is 6.09. The Labute approximate surface area is 208 Å². The van der Waals surface area contributed by atoms with E-state index < -0.39 is 0 Å². The summed E-state index contributed by atoms with van der Waals surface area (Å²) in [6, 6.07) is 20.9. The topological polar surface area (TPSA) is 68.3 Å². The Balaban J connectivity index is 1.29. The molecule has 5 nitrogen and oxygen atoms in total. The summed E-state index contributed by atoms with van der Waals surface area (Å²) in [5.74, 6) is 1.49. The van der Waals surface area contributed by atoms with Crippen LogP contribution in [-0.4, -0.2) is 10.9 Å². The van der Waals surface area contributed by atoms with Gasteiger partial charge in [-0.05, 0) is 86.0 Å². The zero-order chi connectivity index (χ0) is 24.5. The highest BCUT2D eigenvalue weighted by Gasteiger charge is 2.12. The van der Waals surface area contributed by atoms with E-state index in [1.54, 1.807) is 6.08 Å². The maximum atomic E-state index is 12.5. The highest BCUT2D eigenvalue weighted by Crippen LogP contribution is 2.29. The molecule has 0 saturated carbocycles. The van der Waals surface area contributed by atoms with Gasteiger partial charge in [0.05, 0.1) is 0 Å². The van der Waals surface area contributed by atoms with Crippen molar-refractivity contribution in [2.24, 2.45) is 0 Å². The second kappa shape index (κ2) is 9.28. The smallest absolute Gasteiger partial charge is 0.248 e. The van der Waals surface area contributed by atoms with Crippen molar-refractivity contribution in [3.63, 3.8) is 0 Å². The van der Waals surface area contributed by atoms with Gasteiger partial charge in [-0.2, -0.15) is 0 Å². The highest BCUT2D eigenvalue weighted by molar-refractivity contribution is 6.31. The summed E-state index contributed by atoms with van der Waals surface area (Å²) in [6.45, 7) is 5.99. The first kappa shape index (κ1) is 22.7. The van der Waals surface area contributed by atoms with Crippen molar-refractivity contribution in [1.82, 2.24) is 4.98 Å². The van der Waals surface area contributed by atoms with Gasteiger partial charge in [-0.25, -0.2) is 4.98 Å². The van der Waals surface area contributed by atoms with Gasteiger partial charge in [0, 0.05) is 27.9 Å². The molecule has 0 fully saturated rings. The number of nitrogens with zero attached hydrogens (tertiary/aromatic N) is 1. The number of furan rings is 1. The minimum absolute atomic E-state index is 0.275. The van der Waals surface area contributed by atoms with Gasteiger partial charge in [0.2, 0.25) is 11.8 Å². The molecule has 0 aliphatic heterocycles. The maximum Gasteiger partial charge on any atom is 0.248 e. The quantitative estimate of drug-likeness (QED) is 0.258. The number of fused-ring (bicyclic) bond motifs is 1. The first-order valence-corrected chi connectivity index (χ1v) is 11.6. The normalized spacial score (nSPS) is 11.4. The van der Waals surface area contributed by atoms with E-state index in [0.29, 0.717) is 28.1 Å². The highest BCUT2D eigenvalue weighted by atomic mass is 35.5. The molecule has 0 radical (unpaired) electrons. The molecule has 5 rings (SSSR count). The number of halogens is 1. The van der Waals surface area contributed by atoms with Gasteiger partial charge in [-0.15, -0.1) is 0 Å². The lowest BCUT2D eigenvalue weighted by atomic mass is 10.1. The first-order valence-electron chi connectivity index (χ1n) is 11.2. The Kier molecular flexibility index (Phi) is 6.01. The standard InChI is InChI=1S/C29H23ClN2O3/c1-17-13-19(3)28-25(14-17)32-29(35-28)21-5-4-6-22(15-21)31-27(33)12-10-23-9-11-26(34-23)20-8-7-18(2)24(30)16-20/h4-16H,1-3H3,(H,31,33). The van der Waals surface area contributed by atoms with Gasteiger partial charge >= 0.3 is 0 Å². The number of nitrogens with one attached hydrogen (secondary N) is 1. The first-order chi connectivity index (χ1) is 16.9. The van der Waals surface area contributed by atoms with Crippen molar-refractivity contribution in [1.29, 1.82) is 0 Å². The molecule has 0 spiro atoms. The molecule has 0 saturated heterocycles. The Hall–Kier alpha value is -4.09. The molecule has 1 amide bonds. The van der Waals surface area contributed by atoms with Crippen LogP contribution in [0.3, 0.4) is 0 Å². The molecule has 174 valence electrons. The minimum atomic E-state index is -0.275. The number of carbonyl (C=O) groups excluding carboxylic acids is 1. The van der Waals surface area contributed by atoms with Gasteiger partial charge in [0.1, 0.15) is 17.0 Å². The van der Waals surface area contributed by atoms with Crippen LogP contribution in [0.4, 0.5) is 5.69 Å². The predicted octanol–water partition coefficient (Wildman–Crippen LogP) is 7.99. The largest absolute Gasteiger partial charge is 0.457 e. The lowest BCUT2D eigenvalue weighted by Gasteiger charge is -2.03. The molecular formula is C29H23ClN2O3. The summed E-state index contributed by atoms with van der Waals surface area (Å²) in [7, 11) is 0. The summed E-state index contributed by atoms with van der Waals surface area (Å²) < 4.78 is 11.8. The third-order valence-electron chi connectivity index (χ3n) is 5.68. The monoisotopic (exact) mass is 482 g/mol. The average molecular weight is 483 g/mol. The Morgan fingerprint density at radius 2 is 1.77 bits per heavy atom. The van der Waals surface area contributed by atoms with E-state index in [1.165, 1.54) is 6.08 Å². The van der Waals surface area contributed by atoms with E-state index in [2.05, 4.69) is 16.4 Å². The van der Waals surface area contributed by atoms with Crippen molar-refractivity contribution < 1.29 is 13.6 Å². The number of aromatic nitrogens is 1. The second-order valence-corrected chi connectivity index (χ2v) is 8.93. The summed E-state index contributed by atoms with van der Waals surface area (Å²) in [4.78, 5) is 17.1. The second-order valence-electron chi connectivity index (χ2n) is 8.52. The molecular weight excluding hydrogens is 460 g/mol. The molecule has 5 aromatic rings. The van der Waals surface area contributed by atoms with Crippen molar-refractivity contribution in [3.8, 4) is 22.8 Å². The van der Waals surface area contributed by atoms with Gasteiger partial charge < -0.3 is 14.2 Å². The predicted molar refractivity (Wildman–Crippen MR) is 140 cm³/mol. The van der Waals surface area contributed by atoms with Crippen molar-refractivity contribution >= 4 is 40.4 Å². The van der Waals surface area contributed by atoms with Crippen LogP contribution in [0.25, 0.3) is 40.0 Å².